The minimum atomic E-state index is -0.431. The first kappa shape index (κ1) is 21.9. The van der Waals surface area contributed by atoms with Crippen LogP contribution in [0, 0.1) is 11.8 Å². The molecule has 5 atom stereocenters. The van der Waals surface area contributed by atoms with Crippen molar-refractivity contribution in [3.63, 3.8) is 0 Å². The molecule has 3 saturated heterocycles. The molecule has 1 aromatic heterocycles. The zero-order chi connectivity index (χ0) is 22.9. The Balaban J connectivity index is 1.56. The monoisotopic (exact) mass is 462 g/mol. The van der Waals surface area contributed by atoms with Crippen LogP contribution in [-0.4, -0.2) is 42.1 Å². The van der Waals surface area contributed by atoms with Gasteiger partial charge in [0.25, 0.3) is 0 Å². The van der Waals surface area contributed by atoms with Crippen molar-refractivity contribution in [1.82, 2.24) is 9.88 Å². The van der Waals surface area contributed by atoms with Crippen molar-refractivity contribution in [3.8, 4) is 5.75 Å². The predicted molar refractivity (Wildman–Crippen MR) is 130 cm³/mol. The number of hydrogen-bond donors (Lipinski definition) is 0. The van der Waals surface area contributed by atoms with Crippen LogP contribution in [-0.2, 0) is 4.74 Å². The number of rotatable bonds is 6. The van der Waals surface area contributed by atoms with E-state index in [1.807, 2.05) is 24.3 Å². The van der Waals surface area contributed by atoms with Crippen LogP contribution in [0.2, 0.25) is 5.02 Å². The Kier molecular flexibility index (Phi) is 6.09. The summed E-state index contributed by atoms with van der Waals surface area (Å²) in [6, 6.07) is 14.7. The number of pyridine rings is 1. The number of ether oxygens (including phenoxy) is 2. The average molecular weight is 463 g/mol. The van der Waals surface area contributed by atoms with Gasteiger partial charge in [0.15, 0.2) is 0 Å². The lowest BCUT2D eigenvalue weighted by Crippen LogP contribution is -2.55. The van der Waals surface area contributed by atoms with Crippen LogP contribution in [0.15, 0.2) is 67.4 Å². The van der Waals surface area contributed by atoms with Gasteiger partial charge < -0.3 is 9.47 Å². The van der Waals surface area contributed by atoms with Gasteiger partial charge in [0, 0.05) is 28.7 Å². The number of methoxy groups -OCH3 is 1. The quantitative estimate of drug-likeness (QED) is 0.348. The minimum Gasteiger partial charge on any atom is -0.497 e. The van der Waals surface area contributed by atoms with Crippen LogP contribution in [0.25, 0.3) is 10.9 Å². The third-order valence-corrected chi connectivity index (χ3v) is 7.36. The molecule has 0 amide bonds. The number of aromatic nitrogens is 1. The van der Waals surface area contributed by atoms with Gasteiger partial charge in [0.2, 0.25) is 0 Å². The van der Waals surface area contributed by atoms with Gasteiger partial charge >= 0.3 is 5.97 Å². The molecular weight excluding hydrogens is 436 g/mol. The highest BCUT2D eigenvalue weighted by Gasteiger charge is 2.44. The van der Waals surface area contributed by atoms with E-state index in [-0.39, 0.29) is 12.0 Å². The van der Waals surface area contributed by atoms with E-state index in [1.165, 1.54) is 0 Å². The van der Waals surface area contributed by atoms with Gasteiger partial charge in [-0.2, -0.15) is 0 Å². The first-order valence-corrected chi connectivity index (χ1v) is 11.7. The van der Waals surface area contributed by atoms with E-state index in [0.29, 0.717) is 22.4 Å². The van der Waals surface area contributed by atoms with E-state index >= 15 is 0 Å². The molecule has 0 N–H and O–H groups in total. The highest BCUT2D eigenvalue weighted by atomic mass is 35.5. The van der Waals surface area contributed by atoms with Gasteiger partial charge in [-0.25, -0.2) is 4.79 Å². The zero-order valence-corrected chi connectivity index (χ0v) is 19.4. The van der Waals surface area contributed by atoms with Crippen LogP contribution in [0.4, 0.5) is 0 Å². The molecule has 6 heteroatoms. The average Bonchev–Trinajstić information content (AvgIpc) is 2.87. The van der Waals surface area contributed by atoms with E-state index in [2.05, 4.69) is 22.5 Å². The molecule has 5 nitrogen and oxygen atoms in total. The normalized spacial score (nSPS) is 24.9. The lowest BCUT2D eigenvalue weighted by molar-refractivity contribution is -0.0568. The number of nitrogens with zero attached hydrogens (tertiary/aromatic N) is 2. The number of carbonyl (C=O) groups excluding carboxylic acids is 1. The molecule has 0 radical (unpaired) electrons. The molecule has 4 heterocycles. The first-order chi connectivity index (χ1) is 16.1. The molecule has 0 aliphatic carbocycles. The maximum Gasteiger partial charge on any atom is 0.338 e. The number of carbonyl (C=O) groups is 1. The van der Waals surface area contributed by atoms with E-state index in [1.54, 1.807) is 37.6 Å². The lowest BCUT2D eigenvalue weighted by Gasteiger charge is -2.51. The van der Waals surface area contributed by atoms with Crippen LogP contribution in [0.1, 0.15) is 34.9 Å². The molecule has 0 saturated carbocycles. The zero-order valence-electron chi connectivity index (χ0n) is 18.6. The first-order valence-electron chi connectivity index (χ1n) is 11.3. The topological polar surface area (TPSA) is 51.7 Å². The second-order valence-electron chi connectivity index (χ2n) is 8.86. The van der Waals surface area contributed by atoms with Gasteiger partial charge in [0.1, 0.15) is 11.9 Å². The summed E-state index contributed by atoms with van der Waals surface area (Å²) in [5.41, 5.74) is 2.29. The summed E-state index contributed by atoms with van der Waals surface area (Å²) in [5, 5.41) is 1.52. The van der Waals surface area contributed by atoms with Crippen LogP contribution < -0.4 is 4.74 Å². The number of esters is 1. The molecule has 3 aliphatic rings. The van der Waals surface area contributed by atoms with E-state index in [4.69, 9.17) is 21.1 Å². The highest BCUT2D eigenvalue weighted by molar-refractivity contribution is 6.30. The summed E-state index contributed by atoms with van der Waals surface area (Å²) in [7, 11) is 1.65. The van der Waals surface area contributed by atoms with Crippen molar-refractivity contribution >= 4 is 28.5 Å². The van der Waals surface area contributed by atoms with Crippen molar-refractivity contribution in [2.24, 2.45) is 11.8 Å². The van der Waals surface area contributed by atoms with Crippen LogP contribution in [0.3, 0.4) is 0 Å². The summed E-state index contributed by atoms with van der Waals surface area (Å²) in [5.74, 6) is 1.43. The molecule has 170 valence electrons. The van der Waals surface area contributed by atoms with E-state index in [9.17, 15) is 4.79 Å². The third kappa shape index (κ3) is 4.23. The van der Waals surface area contributed by atoms with E-state index in [0.717, 1.165) is 48.1 Å². The predicted octanol–water partition coefficient (Wildman–Crippen LogP) is 5.69. The van der Waals surface area contributed by atoms with Crippen molar-refractivity contribution in [2.75, 3.05) is 20.2 Å². The smallest absolute Gasteiger partial charge is 0.338 e. The standard InChI is InChI=1S/C27H27ClN2O3/c1-3-17-16-30-13-11-19(17)14-25(30)26(33-27(31)18-4-6-20(28)7-5-18)22-10-12-29-24-9-8-21(32-2)15-23(22)24/h3-10,12,15,17,19,25-26H,1,11,13-14,16H2,2H3/t17-,19-,25-,26-/m0/s1. The molecule has 0 spiro atoms. The Morgan fingerprint density at radius 1 is 1.24 bits per heavy atom. The molecule has 2 bridgehead atoms. The fraction of sp³-hybridized carbons (Fsp3) is 0.333. The number of piperidine rings is 3. The van der Waals surface area contributed by atoms with Crippen molar-refractivity contribution in [2.45, 2.75) is 25.0 Å². The summed E-state index contributed by atoms with van der Waals surface area (Å²) < 4.78 is 11.8. The van der Waals surface area contributed by atoms with Crippen LogP contribution in [0.5, 0.6) is 5.75 Å². The van der Waals surface area contributed by atoms with Crippen molar-refractivity contribution < 1.29 is 14.3 Å². The van der Waals surface area contributed by atoms with Gasteiger partial charge in [-0.3, -0.25) is 9.88 Å². The van der Waals surface area contributed by atoms with Crippen molar-refractivity contribution in [1.29, 1.82) is 0 Å². The minimum absolute atomic E-state index is 0.0907. The maximum absolute atomic E-state index is 13.2. The molecule has 2 aromatic carbocycles. The van der Waals surface area contributed by atoms with Gasteiger partial charge in [-0.1, -0.05) is 17.7 Å². The molecule has 3 fully saturated rings. The summed E-state index contributed by atoms with van der Waals surface area (Å²) in [4.78, 5) is 20.2. The maximum atomic E-state index is 13.2. The Bertz CT molecular complexity index is 1180. The summed E-state index contributed by atoms with van der Waals surface area (Å²) in [6.45, 7) is 5.99. The number of halogens is 1. The molecule has 3 aliphatic heterocycles. The Hall–Kier alpha value is -2.89. The molecule has 33 heavy (non-hydrogen) atoms. The van der Waals surface area contributed by atoms with E-state index < -0.39 is 6.10 Å². The SMILES string of the molecule is C=C[C@H]1CN2CC[C@H]1C[C@H]2[C@@H](OC(=O)c1ccc(Cl)cc1)c1ccnc2ccc(OC)cc12. The molecular formula is C27H27ClN2O3. The Morgan fingerprint density at radius 3 is 2.76 bits per heavy atom. The summed E-state index contributed by atoms with van der Waals surface area (Å²) in [6.07, 6.45) is 5.54. The number of fused-ring (bicyclic) bond motifs is 4. The van der Waals surface area contributed by atoms with Gasteiger partial charge in [-0.05, 0) is 79.8 Å². The highest BCUT2D eigenvalue weighted by Crippen LogP contribution is 2.44. The lowest BCUT2D eigenvalue weighted by atomic mass is 9.73. The molecule has 6 rings (SSSR count). The van der Waals surface area contributed by atoms with Gasteiger partial charge in [0.05, 0.1) is 24.2 Å². The molecule has 1 unspecified atom stereocenters. The van der Waals surface area contributed by atoms with Gasteiger partial charge in [-0.15, -0.1) is 6.58 Å². The fourth-order valence-electron chi connectivity index (χ4n) is 5.33. The van der Waals surface area contributed by atoms with Crippen molar-refractivity contribution in [3.05, 3.63) is 83.5 Å². The second-order valence-corrected chi connectivity index (χ2v) is 9.30. The number of benzene rings is 2. The Labute approximate surface area is 199 Å². The Morgan fingerprint density at radius 2 is 2.06 bits per heavy atom. The third-order valence-electron chi connectivity index (χ3n) is 7.11. The largest absolute Gasteiger partial charge is 0.497 e. The second kappa shape index (κ2) is 9.16. The summed E-state index contributed by atoms with van der Waals surface area (Å²) >= 11 is 6.02. The molecule has 3 aromatic rings. The fourth-order valence-corrected chi connectivity index (χ4v) is 5.46. The number of hydrogen-bond acceptors (Lipinski definition) is 5. The van der Waals surface area contributed by atoms with Crippen LogP contribution >= 0.6 is 11.6 Å².